The summed E-state index contributed by atoms with van der Waals surface area (Å²) in [5, 5.41) is 93.8. The Balaban J connectivity index is 1.35. The molecule has 0 amide bonds. The van der Waals surface area contributed by atoms with E-state index in [-0.39, 0.29) is 106 Å². The van der Waals surface area contributed by atoms with Gasteiger partial charge in [0.05, 0.1) is 122 Å². The van der Waals surface area contributed by atoms with Crippen LogP contribution in [0, 0.1) is 41.4 Å². The number of methoxy groups -OCH3 is 4. The van der Waals surface area contributed by atoms with Gasteiger partial charge in [-0.3, -0.25) is 0 Å². The van der Waals surface area contributed by atoms with Crippen LogP contribution < -0.4 is 0 Å². The van der Waals surface area contributed by atoms with Gasteiger partial charge in [0.1, 0.15) is 12.2 Å². The molecule has 97 heavy (non-hydrogen) atoms. The van der Waals surface area contributed by atoms with Crippen molar-refractivity contribution in [2.75, 3.05) is 28.4 Å². The first kappa shape index (κ1) is 84.4. The maximum atomic E-state index is 13.9. The standard InChI is InChI=1S/C77H130O20/c1-45-22-28-56(78)36-60-19-17-21-62(95-60)43-71(91-15)52(8)68(82)44-69(83)53(9)77(55(11)76(87)48(4)27-31-64-41-66(89-13)35-50(6)93-64)97-74(85)33-25-46(2)23-29-57(79)37-59-18-16-20-61(94-59)42-70(90-14)51(7)67(81)38-58(80)39-72(96-73(84)32-24-45)54(10)75(86)47(3)26-30-63-40-65(88-12)34-49(5)92-63/h16-19,22-25,32-33,47-72,75-83,86-87H,20-21,26-31,34-44H2,1-15H3. The van der Waals surface area contributed by atoms with Crippen LogP contribution >= 0.6 is 0 Å². The Morgan fingerprint density at radius 2 is 0.887 bits per heavy atom. The monoisotopic (exact) mass is 1370 g/mol. The van der Waals surface area contributed by atoms with Gasteiger partial charge < -0.3 is 88.2 Å². The van der Waals surface area contributed by atoms with E-state index in [9.17, 15) is 50.4 Å². The molecule has 4 bridgehead atoms. The molecule has 0 radical (unpaired) electrons. The lowest BCUT2D eigenvalue weighted by Gasteiger charge is -2.38. The zero-order chi connectivity index (χ0) is 71.6. The molecule has 0 aromatic carbocycles. The Bertz CT molecular complexity index is 2450. The van der Waals surface area contributed by atoms with Gasteiger partial charge in [0.15, 0.2) is 0 Å². The Morgan fingerprint density at radius 1 is 0.464 bits per heavy atom. The van der Waals surface area contributed by atoms with Crippen molar-refractivity contribution in [2.24, 2.45) is 41.4 Å². The summed E-state index contributed by atoms with van der Waals surface area (Å²) >= 11 is 0. The SMILES string of the molecule is COC1CC(C)OC(CCC(C)C(O)C(C)C2CC(O)CC(O)C(C)C(OC)CC3CC=CC(CC(O)CC=C(C)C=CC(=O)OC(C(C)C(O)C(C)CCC4CC(OC)CC(C)O4)C(C)C(O)CC(O)C(C)C(OC)CC4CC=CC(CC(O)CC=C(C)C=CC(=O)O2)O4)O3)C1. The third-order valence-electron chi connectivity index (χ3n) is 21.8. The number of carbonyl (C=O) groups excluding carboxylic acids is 2. The zero-order valence-corrected chi connectivity index (χ0v) is 61.4. The fraction of sp³-hybridized carbons (Fsp3) is 0.818. The number of aliphatic hydroxyl groups excluding tert-OH is 8. The molecule has 0 aliphatic carbocycles. The summed E-state index contributed by atoms with van der Waals surface area (Å²) in [7, 11) is 6.58. The van der Waals surface area contributed by atoms with E-state index >= 15 is 0 Å². The van der Waals surface area contributed by atoms with Crippen molar-refractivity contribution in [3.63, 3.8) is 0 Å². The first-order chi connectivity index (χ1) is 46.0. The van der Waals surface area contributed by atoms with Gasteiger partial charge >= 0.3 is 11.9 Å². The van der Waals surface area contributed by atoms with Crippen LogP contribution in [0.3, 0.4) is 0 Å². The van der Waals surface area contributed by atoms with E-state index in [0.717, 1.165) is 25.7 Å². The lowest BCUT2D eigenvalue weighted by molar-refractivity contribution is -0.157. The number of ether oxygens (including phenoxy) is 10. The molecule has 29 atom stereocenters. The molecular weight excluding hydrogens is 1240 g/mol. The molecule has 2 fully saturated rings. The summed E-state index contributed by atoms with van der Waals surface area (Å²) in [6, 6.07) is 0. The van der Waals surface area contributed by atoms with Crippen molar-refractivity contribution < 1.29 is 97.8 Å². The molecule has 0 aromatic heterocycles. The molecule has 20 nitrogen and oxygen atoms in total. The number of esters is 2. The molecule has 5 aliphatic rings. The van der Waals surface area contributed by atoms with E-state index < -0.39 is 127 Å². The zero-order valence-electron chi connectivity index (χ0n) is 61.4. The van der Waals surface area contributed by atoms with Crippen LogP contribution in [0.2, 0.25) is 0 Å². The second kappa shape index (κ2) is 43.0. The highest BCUT2D eigenvalue weighted by Crippen LogP contribution is 2.36. The van der Waals surface area contributed by atoms with Gasteiger partial charge in [0.25, 0.3) is 0 Å². The summed E-state index contributed by atoms with van der Waals surface area (Å²) in [5.74, 6) is -4.71. The molecular formula is C77H130O20. The summed E-state index contributed by atoms with van der Waals surface area (Å²) in [6.45, 7) is 20.7. The van der Waals surface area contributed by atoms with Crippen molar-refractivity contribution in [3.05, 3.63) is 71.9 Å². The topological polar surface area (TPSA) is 288 Å². The van der Waals surface area contributed by atoms with Crippen molar-refractivity contribution in [1.29, 1.82) is 0 Å². The maximum Gasteiger partial charge on any atom is 0.331 e. The van der Waals surface area contributed by atoms with Crippen molar-refractivity contribution in [2.45, 2.75) is 332 Å². The fourth-order valence-corrected chi connectivity index (χ4v) is 15.0. The van der Waals surface area contributed by atoms with Gasteiger partial charge in [0, 0.05) is 102 Å². The van der Waals surface area contributed by atoms with Gasteiger partial charge in [-0.15, -0.1) is 0 Å². The molecule has 5 rings (SSSR count). The van der Waals surface area contributed by atoms with Gasteiger partial charge in [-0.1, -0.05) is 108 Å². The third-order valence-corrected chi connectivity index (χ3v) is 21.8. The molecule has 20 heteroatoms. The Labute approximate surface area is 581 Å². The van der Waals surface area contributed by atoms with Crippen LogP contribution in [0.15, 0.2) is 71.9 Å². The normalized spacial score (nSPS) is 38.9. The first-order valence-electron chi connectivity index (χ1n) is 36.6. The molecule has 5 aliphatic heterocycles. The predicted molar refractivity (Wildman–Crippen MR) is 373 cm³/mol. The lowest BCUT2D eigenvalue weighted by Crippen LogP contribution is -2.45. The predicted octanol–water partition coefficient (Wildman–Crippen LogP) is 9.86. The number of hydrogen-bond donors (Lipinski definition) is 8. The average Bonchev–Trinajstić information content (AvgIpc) is 0.884. The third kappa shape index (κ3) is 28.8. The van der Waals surface area contributed by atoms with Crippen LogP contribution in [0.5, 0.6) is 0 Å². The maximum absolute atomic E-state index is 13.9. The van der Waals surface area contributed by atoms with Crippen molar-refractivity contribution in [3.8, 4) is 0 Å². The molecule has 2 saturated heterocycles. The van der Waals surface area contributed by atoms with Gasteiger partial charge in [-0.25, -0.2) is 9.59 Å². The number of allylic oxidation sites excluding steroid dienone is 4. The minimum atomic E-state index is -1.16. The number of rotatable bonds is 16. The van der Waals surface area contributed by atoms with Crippen molar-refractivity contribution >= 4 is 11.9 Å². The fourth-order valence-electron chi connectivity index (χ4n) is 15.0. The van der Waals surface area contributed by atoms with Crippen molar-refractivity contribution in [1.82, 2.24) is 0 Å². The summed E-state index contributed by atoms with van der Waals surface area (Å²) in [4.78, 5) is 27.7. The molecule has 8 N–H and O–H groups in total. The Hall–Kier alpha value is -3.26. The second-order valence-corrected chi connectivity index (χ2v) is 29.9. The van der Waals surface area contributed by atoms with E-state index in [0.29, 0.717) is 62.5 Å². The number of fused-ring (bicyclic) bond motifs is 4. The number of aliphatic hydroxyl groups is 8. The average molecular weight is 1380 g/mol. The van der Waals surface area contributed by atoms with Crippen LogP contribution in [0.25, 0.3) is 0 Å². The van der Waals surface area contributed by atoms with E-state index in [1.807, 2.05) is 106 Å². The number of cyclic esters (lactones) is 2. The highest BCUT2D eigenvalue weighted by molar-refractivity contribution is 5.83. The Morgan fingerprint density at radius 3 is 1.33 bits per heavy atom. The smallest absolute Gasteiger partial charge is 0.331 e. The summed E-state index contributed by atoms with van der Waals surface area (Å²) in [6.07, 6.45) is 14.2. The first-order valence-corrected chi connectivity index (χ1v) is 36.6. The minimum absolute atomic E-state index is 0.0237. The van der Waals surface area contributed by atoms with Crippen LogP contribution in [0.1, 0.15) is 198 Å². The summed E-state index contributed by atoms with van der Waals surface area (Å²) < 4.78 is 61.1. The van der Waals surface area contributed by atoms with Crippen LogP contribution in [-0.2, 0) is 57.0 Å². The van der Waals surface area contributed by atoms with Gasteiger partial charge in [0.2, 0.25) is 0 Å². The number of carbonyl (C=O) groups is 2. The van der Waals surface area contributed by atoms with E-state index in [1.165, 1.54) is 12.2 Å². The second-order valence-electron chi connectivity index (χ2n) is 29.9. The largest absolute Gasteiger partial charge is 0.459 e. The highest BCUT2D eigenvalue weighted by Gasteiger charge is 2.41. The van der Waals surface area contributed by atoms with E-state index in [4.69, 9.17) is 47.4 Å². The summed E-state index contributed by atoms with van der Waals surface area (Å²) in [5.41, 5.74) is 1.39. The molecule has 29 unspecified atom stereocenters. The molecule has 0 aromatic rings. The molecule has 5 heterocycles. The Kier molecular flexibility index (Phi) is 37.4. The minimum Gasteiger partial charge on any atom is -0.459 e. The van der Waals surface area contributed by atoms with Crippen LogP contribution in [-0.4, -0.2) is 216 Å². The molecule has 0 spiro atoms. The highest BCUT2D eigenvalue weighted by atomic mass is 16.6. The van der Waals surface area contributed by atoms with Crippen LogP contribution in [0.4, 0.5) is 0 Å². The lowest BCUT2D eigenvalue weighted by atomic mass is 9.78. The molecule has 558 valence electrons. The quantitative estimate of drug-likeness (QED) is 0.0527. The van der Waals surface area contributed by atoms with Gasteiger partial charge in [-0.05, 0) is 129 Å². The molecule has 0 saturated carbocycles. The van der Waals surface area contributed by atoms with E-state index in [2.05, 4.69) is 0 Å². The number of hydrogen-bond acceptors (Lipinski definition) is 20. The van der Waals surface area contributed by atoms with E-state index in [1.54, 1.807) is 47.5 Å². The van der Waals surface area contributed by atoms with Gasteiger partial charge in [-0.2, -0.15) is 0 Å².